The molecular weight excluding hydrogens is 381 g/mol. The molecule has 2 aromatic heterocycles. The lowest BCUT2D eigenvalue weighted by molar-refractivity contribution is 0.0717. The normalized spacial score (nSPS) is 10.6. The quantitative estimate of drug-likeness (QED) is 0.371. The van der Waals surface area contributed by atoms with Crippen LogP contribution in [-0.2, 0) is 0 Å². The van der Waals surface area contributed by atoms with Crippen LogP contribution < -0.4 is 9.47 Å². The molecule has 4 aromatic rings. The standard InChI is InChI=1S/C20H14FN3O3S/c1-26-15-8-2-3-9-16(15)27-20(25)18-22-19(17-10-5-11-28-17)24(23-18)14-7-4-6-13(21)12-14/h2-12H,1H3. The zero-order valence-electron chi connectivity index (χ0n) is 14.7. The van der Waals surface area contributed by atoms with Gasteiger partial charge in [0, 0.05) is 0 Å². The van der Waals surface area contributed by atoms with Gasteiger partial charge in [-0.3, -0.25) is 0 Å². The smallest absolute Gasteiger partial charge is 0.383 e. The summed E-state index contributed by atoms with van der Waals surface area (Å²) in [4.78, 5) is 17.7. The fourth-order valence-corrected chi connectivity index (χ4v) is 3.30. The Morgan fingerprint density at radius 3 is 2.61 bits per heavy atom. The van der Waals surface area contributed by atoms with E-state index in [4.69, 9.17) is 9.47 Å². The average Bonchev–Trinajstić information content (AvgIpc) is 3.38. The summed E-state index contributed by atoms with van der Waals surface area (Å²) in [6.07, 6.45) is 0. The van der Waals surface area contributed by atoms with Gasteiger partial charge in [-0.1, -0.05) is 24.3 Å². The minimum atomic E-state index is -0.738. The number of aromatic nitrogens is 3. The molecule has 8 heteroatoms. The third-order valence-corrected chi connectivity index (χ3v) is 4.72. The zero-order chi connectivity index (χ0) is 19.5. The summed E-state index contributed by atoms with van der Waals surface area (Å²) >= 11 is 1.43. The molecule has 0 spiro atoms. The summed E-state index contributed by atoms with van der Waals surface area (Å²) in [5, 5.41) is 6.14. The first-order valence-electron chi connectivity index (χ1n) is 8.28. The number of methoxy groups -OCH3 is 1. The number of halogens is 1. The van der Waals surface area contributed by atoms with Crippen LogP contribution in [0.1, 0.15) is 10.6 Å². The third kappa shape index (κ3) is 3.49. The van der Waals surface area contributed by atoms with Crippen molar-refractivity contribution >= 4 is 17.3 Å². The Kier molecular flexibility index (Phi) is 4.86. The van der Waals surface area contributed by atoms with E-state index in [0.717, 1.165) is 4.88 Å². The minimum absolute atomic E-state index is 0.140. The van der Waals surface area contributed by atoms with Crippen molar-refractivity contribution in [1.82, 2.24) is 14.8 Å². The third-order valence-electron chi connectivity index (χ3n) is 3.86. The predicted octanol–water partition coefficient (Wildman–Crippen LogP) is 4.36. The Morgan fingerprint density at radius 2 is 1.89 bits per heavy atom. The minimum Gasteiger partial charge on any atom is -0.493 e. The lowest BCUT2D eigenvalue weighted by Crippen LogP contribution is -2.12. The van der Waals surface area contributed by atoms with E-state index in [-0.39, 0.29) is 11.6 Å². The maximum absolute atomic E-state index is 13.7. The largest absolute Gasteiger partial charge is 0.493 e. The molecule has 28 heavy (non-hydrogen) atoms. The van der Waals surface area contributed by atoms with Gasteiger partial charge in [-0.05, 0) is 41.8 Å². The van der Waals surface area contributed by atoms with E-state index in [1.54, 1.807) is 36.4 Å². The first-order chi connectivity index (χ1) is 13.7. The molecule has 0 N–H and O–H groups in total. The number of ether oxygens (including phenoxy) is 2. The van der Waals surface area contributed by atoms with E-state index in [2.05, 4.69) is 10.1 Å². The Balaban J connectivity index is 1.74. The van der Waals surface area contributed by atoms with Gasteiger partial charge < -0.3 is 9.47 Å². The van der Waals surface area contributed by atoms with Crippen molar-refractivity contribution in [2.75, 3.05) is 7.11 Å². The van der Waals surface area contributed by atoms with Crippen LogP contribution in [0.15, 0.2) is 66.0 Å². The molecule has 0 saturated heterocycles. The van der Waals surface area contributed by atoms with Crippen molar-refractivity contribution in [3.63, 3.8) is 0 Å². The number of hydrogen-bond acceptors (Lipinski definition) is 6. The molecule has 2 aromatic carbocycles. The number of para-hydroxylation sites is 2. The number of thiophene rings is 1. The van der Waals surface area contributed by atoms with Crippen LogP contribution in [0.5, 0.6) is 11.5 Å². The van der Waals surface area contributed by atoms with Crippen LogP contribution >= 0.6 is 11.3 Å². The molecule has 0 aliphatic rings. The summed E-state index contributed by atoms with van der Waals surface area (Å²) < 4.78 is 25.7. The van der Waals surface area contributed by atoms with Crippen molar-refractivity contribution < 1.29 is 18.7 Å². The highest BCUT2D eigenvalue weighted by atomic mass is 32.1. The van der Waals surface area contributed by atoms with Gasteiger partial charge >= 0.3 is 5.97 Å². The monoisotopic (exact) mass is 395 g/mol. The second-order valence-electron chi connectivity index (χ2n) is 5.67. The number of benzene rings is 2. The molecule has 0 aliphatic heterocycles. The van der Waals surface area contributed by atoms with Gasteiger partial charge in [-0.15, -0.1) is 16.4 Å². The van der Waals surface area contributed by atoms with Crippen LogP contribution in [0.25, 0.3) is 16.4 Å². The van der Waals surface area contributed by atoms with Crippen molar-refractivity contribution in [2.45, 2.75) is 0 Å². The lowest BCUT2D eigenvalue weighted by Gasteiger charge is -2.06. The first kappa shape index (κ1) is 17.9. The second kappa shape index (κ2) is 7.61. The second-order valence-corrected chi connectivity index (χ2v) is 6.62. The molecule has 6 nitrogen and oxygen atoms in total. The number of esters is 1. The molecular formula is C20H14FN3O3S. The maximum Gasteiger partial charge on any atom is 0.383 e. The summed E-state index contributed by atoms with van der Waals surface area (Å²) in [5.41, 5.74) is 0.451. The number of hydrogen-bond donors (Lipinski definition) is 0. The SMILES string of the molecule is COc1ccccc1OC(=O)c1nc(-c2cccs2)n(-c2cccc(F)c2)n1. The van der Waals surface area contributed by atoms with E-state index in [9.17, 15) is 9.18 Å². The van der Waals surface area contributed by atoms with E-state index in [1.807, 2.05) is 17.5 Å². The number of rotatable bonds is 5. The molecule has 0 radical (unpaired) electrons. The number of carbonyl (C=O) groups is 1. The van der Waals surface area contributed by atoms with Crippen molar-refractivity contribution in [2.24, 2.45) is 0 Å². The van der Waals surface area contributed by atoms with E-state index >= 15 is 0 Å². The summed E-state index contributed by atoms with van der Waals surface area (Å²) in [5.74, 6) is -0.194. The van der Waals surface area contributed by atoms with Crippen LogP contribution in [0, 0.1) is 5.82 Å². The van der Waals surface area contributed by atoms with Crippen LogP contribution in [-0.4, -0.2) is 27.8 Å². The molecule has 2 heterocycles. The molecule has 0 amide bonds. The van der Waals surface area contributed by atoms with Crippen molar-refractivity contribution in [3.05, 3.63) is 77.7 Å². The van der Waals surface area contributed by atoms with Gasteiger partial charge in [0.05, 0.1) is 17.7 Å². The van der Waals surface area contributed by atoms with Crippen molar-refractivity contribution in [3.8, 4) is 27.9 Å². The molecule has 0 saturated carbocycles. The highest BCUT2D eigenvalue weighted by Crippen LogP contribution is 2.28. The van der Waals surface area contributed by atoms with Gasteiger partial charge in [-0.2, -0.15) is 4.98 Å². The van der Waals surface area contributed by atoms with E-state index in [0.29, 0.717) is 17.3 Å². The van der Waals surface area contributed by atoms with Gasteiger partial charge in [0.1, 0.15) is 5.82 Å². The predicted molar refractivity (Wildman–Crippen MR) is 103 cm³/mol. The van der Waals surface area contributed by atoms with Crippen LogP contribution in [0.4, 0.5) is 4.39 Å². The Labute approximate surface area is 163 Å². The highest BCUT2D eigenvalue weighted by Gasteiger charge is 2.22. The fraction of sp³-hybridized carbons (Fsp3) is 0.0500. The zero-order valence-corrected chi connectivity index (χ0v) is 15.5. The molecule has 4 rings (SSSR count). The first-order valence-corrected chi connectivity index (χ1v) is 9.16. The molecule has 140 valence electrons. The topological polar surface area (TPSA) is 66.2 Å². The molecule has 0 aliphatic carbocycles. The highest BCUT2D eigenvalue weighted by molar-refractivity contribution is 7.13. The molecule has 0 bridgehead atoms. The van der Waals surface area contributed by atoms with Crippen LogP contribution in [0.2, 0.25) is 0 Å². The summed E-state index contributed by atoms with van der Waals surface area (Å²) in [6, 6.07) is 16.4. The van der Waals surface area contributed by atoms with Crippen LogP contribution in [0.3, 0.4) is 0 Å². The Hall–Kier alpha value is -3.52. The fourth-order valence-electron chi connectivity index (χ4n) is 2.60. The Bertz CT molecular complexity index is 1130. The molecule has 0 atom stereocenters. The summed E-state index contributed by atoms with van der Waals surface area (Å²) in [7, 11) is 1.48. The Morgan fingerprint density at radius 1 is 1.07 bits per heavy atom. The van der Waals surface area contributed by atoms with E-state index in [1.165, 1.54) is 35.3 Å². The van der Waals surface area contributed by atoms with Gasteiger partial charge in [-0.25, -0.2) is 13.9 Å². The number of carbonyl (C=O) groups excluding carboxylic acids is 1. The van der Waals surface area contributed by atoms with Gasteiger partial charge in [0.25, 0.3) is 5.82 Å². The number of nitrogens with zero attached hydrogens (tertiary/aromatic N) is 3. The maximum atomic E-state index is 13.7. The lowest BCUT2D eigenvalue weighted by atomic mass is 10.3. The van der Waals surface area contributed by atoms with Gasteiger partial charge in [0.15, 0.2) is 17.3 Å². The van der Waals surface area contributed by atoms with Gasteiger partial charge in [0.2, 0.25) is 0 Å². The van der Waals surface area contributed by atoms with E-state index < -0.39 is 11.8 Å². The molecule has 0 unspecified atom stereocenters. The average molecular weight is 395 g/mol. The molecule has 0 fully saturated rings. The van der Waals surface area contributed by atoms with Crippen molar-refractivity contribution in [1.29, 1.82) is 0 Å². The summed E-state index contributed by atoms with van der Waals surface area (Å²) in [6.45, 7) is 0.